The first-order valence-corrected chi connectivity index (χ1v) is 17.9. The van der Waals surface area contributed by atoms with Crippen molar-refractivity contribution in [2.24, 2.45) is 5.16 Å². The number of thioether (sulfide) groups is 1. The second-order valence-electron chi connectivity index (χ2n) is 12.4. The molecule has 5 heterocycles. The molecule has 0 bridgehead atoms. The summed E-state index contributed by atoms with van der Waals surface area (Å²) in [6, 6.07) is 9.81. The highest BCUT2D eigenvalue weighted by Gasteiger charge is 2.55. The van der Waals surface area contributed by atoms with Crippen molar-refractivity contribution in [2.75, 3.05) is 24.8 Å². The van der Waals surface area contributed by atoms with Gasteiger partial charge in [-0.3, -0.25) is 19.8 Å². The molecule has 0 spiro atoms. The molecule has 3 aromatic heterocycles. The van der Waals surface area contributed by atoms with Gasteiger partial charge in [-0.25, -0.2) is 14.2 Å². The molecule has 17 nitrogen and oxygen atoms in total. The lowest BCUT2D eigenvalue weighted by atomic mass is 10.0. The fraction of sp³-hybridized carbons (Fsp3) is 0.364. The van der Waals surface area contributed by atoms with Crippen LogP contribution < -0.4 is 19.9 Å². The van der Waals surface area contributed by atoms with Crippen LogP contribution in [0.4, 0.5) is 9.93 Å². The first-order valence-electron chi connectivity index (χ1n) is 16.1. The number of imidazole rings is 1. The summed E-state index contributed by atoms with van der Waals surface area (Å²) < 4.78 is 22.2. The van der Waals surface area contributed by atoms with Crippen molar-refractivity contribution < 1.29 is 42.8 Å². The maximum absolute atomic E-state index is 13.8. The van der Waals surface area contributed by atoms with Crippen LogP contribution >= 0.6 is 23.3 Å². The number of aromatic amines is 1. The summed E-state index contributed by atoms with van der Waals surface area (Å²) in [6.07, 6.45) is 2.68. The number of nitrogens with zero attached hydrogens (tertiary/aromatic N) is 6. The summed E-state index contributed by atoms with van der Waals surface area (Å²) in [5.41, 5.74) is 1.92. The van der Waals surface area contributed by atoms with Gasteiger partial charge in [0.15, 0.2) is 0 Å². The van der Waals surface area contributed by atoms with Crippen LogP contribution in [-0.2, 0) is 41.8 Å². The quantitative estimate of drug-likeness (QED) is 0.0629. The Kier molecular flexibility index (Phi) is 10.7. The number of fused-ring (bicyclic) bond motifs is 2. The number of benzene rings is 1. The molecule has 3 amide bonds. The number of oxime groups is 1. The molecule has 6 rings (SSSR count). The highest BCUT2D eigenvalue weighted by atomic mass is 32.2. The topological polar surface area (TPSA) is 203 Å². The van der Waals surface area contributed by atoms with Crippen LogP contribution in [0.1, 0.15) is 39.1 Å². The van der Waals surface area contributed by atoms with Crippen molar-refractivity contribution in [1.82, 2.24) is 29.5 Å². The molecule has 1 fully saturated rings. The van der Waals surface area contributed by atoms with Gasteiger partial charge in [0.2, 0.25) is 23.0 Å². The molecule has 2 atom stereocenters. The van der Waals surface area contributed by atoms with E-state index in [4.69, 9.17) is 19.0 Å². The number of aromatic nitrogens is 5. The van der Waals surface area contributed by atoms with Gasteiger partial charge in [-0.2, -0.15) is 9.36 Å². The van der Waals surface area contributed by atoms with Gasteiger partial charge in [-0.05, 0) is 62.5 Å². The zero-order chi connectivity index (χ0) is 37.0. The molecule has 1 saturated heterocycles. The number of hydrogen-bond donors (Lipinski definition) is 3. The maximum Gasteiger partial charge on any atom is 0.414 e. The number of methoxy groups -OCH3 is 1. The Morgan fingerprint density at radius 1 is 1.17 bits per heavy atom. The Balaban J connectivity index is 1.22. The van der Waals surface area contributed by atoms with Crippen molar-refractivity contribution in [3.05, 3.63) is 71.6 Å². The molecule has 272 valence electrons. The van der Waals surface area contributed by atoms with Crippen LogP contribution in [0.25, 0.3) is 11.2 Å². The number of hydrogen-bond acceptors (Lipinski definition) is 14. The summed E-state index contributed by atoms with van der Waals surface area (Å²) in [4.78, 5) is 71.7. The Hall–Kier alpha value is -5.56. The minimum atomic E-state index is -1.02. The second kappa shape index (κ2) is 15.4. The van der Waals surface area contributed by atoms with Crippen LogP contribution in [0.3, 0.4) is 0 Å². The number of pyridine rings is 1. The number of esters is 1. The standard InChI is InChI=1S/C33H35N9O8S2/c1-6-49-39-22(25-37-31(52-40-25)38-32(46)50-33(2,3)4)27(43)36-23-28(44)42-24(30(45)48-15-18-9-11-20(47-5)12-10-18)19(16-51-29(23)42)14-41-13-7-8-21-26(41)35-17-34-21/h7-13,17,23,29H,6,14-16H2,1-5H3,(H2,36,37,38,40,43,46)/p+1/b39-22-. The number of carbonyl (C=O) groups excluding carboxylic acids is 4. The van der Waals surface area contributed by atoms with E-state index in [0.717, 1.165) is 22.6 Å². The van der Waals surface area contributed by atoms with E-state index in [2.05, 4.69) is 35.1 Å². The van der Waals surface area contributed by atoms with Gasteiger partial charge in [0.05, 0.1) is 13.3 Å². The number of β-lactam (4-membered cyclic amide) rings is 1. The molecule has 2 aliphatic heterocycles. The van der Waals surface area contributed by atoms with Gasteiger partial charge in [-0.15, -0.1) is 11.8 Å². The first kappa shape index (κ1) is 36.2. The molecule has 1 aromatic carbocycles. The SMILES string of the molecule is CCO/N=C(\C(=O)NC1C(=O)N2C(C(=O)OCc3ccc(OC)cc3)=C(C[n+]3cccc4[nH]cnc43)CSC12)c1nsc(NC(=O)OC(C)(C)C)n1. The van der Waals surface area contributed by atoms with E-state index >= 15 is 0 Å². The van der Waals surface area contributed by atoms with Crippen molar-refractivity contribution in [3.8, 4) is 5.75 Å². The zero-order valence-electron chi connectivity index (χ0n) is 28.9. The molecule has 52 heavy (non-hydrogen) atoms. The third kappa shape index (κ3) is 7.99. The zero-order valence-corrected chi connectivity index (χ0v) is 30.5. The van der Waals surface area contributed by atoms with Gasteiger partial charge >= 0.3 is 17.7 Å². The summed E-state index contributed by atoms with van der Waals surface area (Å²) >= 11 is 2.20. The Labute approximate surface area is 305 Å². The third-order valence-corrected chi connectivity index (χ3v) is 9.58. The highest BCUT2D eigenvalue weighted by molar-refractivity contribution is 8.00. The van der Waals surface area contributed by atoms with Gasteiger partial charge in [0.1, 0.15) is 53.7 Å². The Bertz CT molecular complexity index is 2060. The smallest absolute Gasteiger partial charge is 0.414 e. The lowest BCUT2D eigenvalue weighted by Crippen LogP contribution is -2.71. The Morgan fingerprint density at radius 3 is 2.69 bits per heavy atom. The average Bonchev–Trinajstić information content (AvgIpc) is 3.79. The minimum Gasteiger partial charge on any atom is -0.497 e. The van der Waals surface area contributed by atoms with E-state index in [1.165, 1.54) is 16.7 Å². The van der Waals surface area contributed by atoms with E-state index in [1.54, 1.807) is 65.4 Å². The summed E-state index contributed by atoms with van der Waals surface area (Å²) in [6.45, 7) is 7.19. The fourth-order valence-corrected chi connectivity index (χ4v) is 7.20. The van der Waals surface area contributed by atoms with Crippen molar-refractivity contribution in [1.29, 1.82) is 0 Å². The summed E-state index contributed by atoms with van der Waals surface area (Å²) in [5.74, 6) is -1.09. The molecule has 2 unspecified atom stereocenters. The molecule has 0 radical (unpaired) electrons. The van der Waals surface area contributed by atoms with E-state index in [9.17, 15) is 19.2 Å². The minimum absolute atomic E-state index is 0.0373. The Morgan fingerprint density at radius 2 is 1.96 bits per heavy atom. The number of H-pyrrole nitrogens is 1. The molecule has 0 saturated carbocycles. The van der Waals surface area contributed by atoms with Crippen LogP contribution in [-0.4, -0.2) is 90.3 Å². The van der Waals surface area contributed by atoms with Gasteiger partial charge in [-0.1, -0.05) is 17.3 Å². The van der Waals surface area contributed by atoms with E-state index in [1.807, 2.05) is 22.9 Å². The molecule has 4 aromatic rings. The summed E-state index contributed by atoms with van der Waals surface area (Å²) in [5, 5.41) is 8.52. The molecular weight excluding hydrogens is 715 g/mol. The average molecular weight is 751 g/mol. The molecule has 3 N–H and O–H groups in total. The predicted molar refractivity (Wildman–Crippen MR) is 189 cm³/mol. The van der Waals surface area contributed by atoms with Crippen LogP contribution in [0.15, 0.2) is 65.3 Å². The van der Waals surface area contributed by atoms with E-state index < -0.39 is 40.9 Å². The lowest BCUT2D eigenvalue weighted by Gasteiger charge is -2.49. The maximum atomic E-state index is 13.8. The number of carbonyl (C=O) groups is 4. The van der Waals surface area contributed by atoms with Crippen molar-refractivity contribution >= 4 is 69.2 Å². The normalized spacial score (nSPS) is 17.3. The lowest BCUT2D eigenvalue weighted by molar-refractivity contribution is -0.664. The predicted octanol–water partition coefficient (Wildman–Crippen LogP) is 2.90. The monoisotopic (exact) mass is 750 g/mol. The van der Waals surface area contributed by atoms with Gasteiger partial charge in [0.25, 0.3) is 11.8 Å². The summed E-state index contributed by atoms with van der Waals surface area (Å²) in [7, 11) is 1.56. The van der Waals surface area contributed by atoms with Gasteiger partial charge in [0, 0.05) is 22.9 Å². The van der Waals surface area contributed by atoms with Crippen molar-refractivity contribution in [3.63, 3.8) is 0 Å². The number of rotatable bonds is 12. The number of ether oxygens (including phenoxy) is 3. The van der Waals surface area contributed by atoms with Crippen LogP contribution in [0, 0.1) is 0 Å². The molecule has 2 aliphatic rings. The highest BCUT2D eigenvalue weighted by Crippen LogP contribution is 2.41. The van der Waals surface area contributed by atoms with Gasteiger partial charge < -0.3 is 29.3 Å². The molecular formula is C33H36N9O8S2+. The van der Waals surface area contributed by atoms with Crippen LogP contribution in [0.5, 0.6) is 5.75 Å². The van der Waals surface area contributed by atoms with E-state index in [0.29, 0.717) is 22.7 Å². The third-order valence-electron chi connectivity index (χ3n) is 7.61. The second-order valence-corrected chi connectivity index (χ2v) is 14.3. The molecule has 19 heteroatoms. The fourth-order valence-electron chi connectivity index (χ4n) is 5.31. The van der Waals surface area contributed by atoms with Crippen LogP contribution in [0.2, 0.25) is 0 Å². The number of nitrogens with one attached hydrogen (secondary N) is 3. The van der Waals surface area contributed by atoms with Crippen molar-refractivity contribution in [2.45, 2.75) is 57.9 Å². The largest absolute Gasteiger partial charge is 0.497 e. The number of anilines is 1. The first-order chi connectivity index (χ1) is 25.0. The molecule has 0 aliphatic carbocycles. The number of amides is 3. The van der Waals surface area contributed by atoms with E-state index in [-0.39, 0.29) is 42.1 Å².